The standard InChI is InChI=1S/C33H46O6/c1-5-14-30-33(38-26(2)15-12-21-32(34-3)35-4)31(37-25-28-18-10-7-11-19-28)23-29(39-30)20-13-22-36-24-27-16-8-6-9-17-27/h5-11,16-19,29-33H,1-2,12-15,20-25H2,3-4H3/t29-,30-,31+,33-/m1/s1. The van der Waals surface area contributed by atoms with Gasteiger partial charge in [-0.3, -0.25) is 0 Å². The fourth-order valence-electron chi connectivity index (χ4n) is 4.87. The van der Waals surface area contributed by atoms with E-state index in [1.165, 1.54) is 5.56 Å². The van der Waals surface area contributed by atoms with Crippen LogP contribution in [0.1, 0.15) is 56.1 Å². The molecular weight excluding hydrogens is 492 g/mol. The van der Waals surface area contributed by atoms with Gasteiger partial charge in [-0.2, -0.15) is 0 Å². The summed E-state index contributed by atoms with van der Waals surface area (Å²) in [4.78, 5) is 0. The second-order valence-electron chi connectivity index (χ2n) is 9.99. The maximum Gasteiger partial charge on any atom is 0.156 e. The molecule has 0 saturated carbocycles. The van der Waals surface area contributed by atoms with Gasteiger partial charge in [-0.1, -0.05) is 73.3 Å². The van der Waals surface area contributed by atoms with Gasteiger partial charge < -0.3 is 28.4 Å². The first-order chi connectivity index (χ1) is 19.1. The number of hydrogen-bond donors (Lipinski definition) is 0. The first-order valence-corrected chi connectivity index (χ1v) is 14.1. The summed E-state index contributed by atoms with van der Waals surface area (Å²) < 4.78 is 36.0. The van der Waals surface area contributed by atoms with Gasteiger partial charge in [-0.15, -0.1) is 6.58 Å². The fraction of sp³-hybridized carbons (Fsp3) is 0.515. The van der Waals surface area contributed by atoms with Crippen LogP contribution in [0.15, 0.2) is 85.7 Å². The molecule has 0 N–H and O–H groups in total. The number of ether oxygens (including phenoxy) is 6. The first-order valence-electron chi connectivity index (χ1n) is 14.1. The summed E-state index contributed by atoms with van der Waals surface area (Å²) in [5, 5.41) is 0. The average Bonchev–Trinajstić information content (AvgIpc) is 2.96. The van der Waals surface area contributed by atoms with Crippen molar-refractivity contribution in [3.63, 3.8) is 0 Å². The Morgan fingerprint density at radius 2 is 1.64 bits per heavy atom. The van der Waals surface area contributed by atoms with Gasteiger partial charge in [0.25, 0.3) is 0 Å². The lowest BCUT2D eigenvalue weighted by atomic mass is 9.93. The molecule has 214 valence electrons. The van der Waals surface area contributed by atoms with Crippen LogP contribution in [-0.4, -0.2) is 51.5 Å². The highest BCUT2D eigenvalue weighted by Gasteiger charge is 2.40. The lowest BCUT2D eigenvalue weighted by Gasteiger charge is -2.42. The predicted molar refractivity (Wildman–Crippen MR) is 154 cm³/mol. The minimum Gasteiger partial charge on any atom is -0.490 e. The largest absolute Gasteiger partial charge is 0.490 e. The summed E-state index contributed by atoms with van der Waals surface area (Å²) in [5.41, 5.74) is 2.32. The molecule has 2 aromatic carbocycles. The number of benzene rings is 2. The highest BCUT2D eigenvalue weighted by atomic mass is 16.7. The van der Waals surface area contributed by atoms with Gasteiger partial charge in [0.15, 0.2) is 12.4 Å². The van der Waals surface area contributed by atoms with Crippen molar-refractivity contribution < 1.29 is 28.4 Å². The van der Waals surface area contributed by atoms with E-state index < -0.39 is 0 Å². The lowest BCUT2D eigenvalue weighted by molar-refractivity contribution is -0.194. The van der Waals surface area contributed by atoms with Crippen molar-refractivity contribution in [2.24, 2.45) is 0 Å². The molecular formula is C33H46O6. The zero-order valence-corrected chi connectivity index (χ0v) is 23.7. The van der Waals surface area contributed by atoms with Gasteiger partial charge in [0.2, 0.25) is 0 Å². The monoisotopic (exact) mass is 538 g/mol. The minimum absolute atomic E-state index is 0.0633. The minimum atomic E-state index is -0.259. The summed E-state index contributed by atoms with van der Waals surface area (Å²) >= 11 is 0. The molecule has 0 amide bonds. The number of methoxy groups -OCH3 is 2. The number of hydrogen-bond acceptors (Lipinski definition) is 6. The number of rotatable bonds is 19. The van der Waals surface area contributed by atoms with E-state index in [0.29, 0.717) is 32.7 Å². The molecule has 0 unspecified atom stereocenters. The van der Waals surface area contributed by atoms with Crippen molar-refractivity contribution in [3.05, 3.63) is 96.8 Å². The van der Waals surface area contributed by atoms with Gasteiger partial charge in [0, 0.05) is 33.7 Å². The Morgan fingerprint density at radius 3 is 2.28 bits per heavy atom. The van der Waals surface area contributed by atoms with Crippen LogP contribution in [0.25, 0.3) is 0 Å². The Hall–Kier alpha value is -2.48. The van der Waals surface area contributed by atoms with Gasteiger partial charge >= 0.3 is 0 Å². The molecule has 39 heavy (non-hydrogen) atoms. The van der Waals surface area contributed by atoms with Gasteiger partial charge in [0.1, 0.15) is 6.10 Å². The van der Waals surface area contributed by atoms with E-state index in [9.17, 15) is 0 Å². The van der Waals surface area contributed by atoms with Crippen LogP contribution in [-0.2, 0) is 41.6 Å². The zero-order chi connectivity index (χ0) is 27.7. The highest BCUT2D eigenvalue weighted by Crippen LogP contribution is 2.32. The zero-order valence-electron chi connectivity index (χ0n) is 23.7. The molecule has 0 aliphatic carbocycles. The summed E-state index contributed by atoms with van der Waals surface area (Å²) in [6, 6.07) is 20.5. The molecule has 1 aliphatic heterocycles. The molecule has 1 fully saturated rings. The van der Waals surface area contributed by atoms with E-state index in [2.05, 4.69) is 37.4 Å². The van der Waals surface area contributed by atoms with Crippen molar-refractivity contribution in [3.8, 4) is 0 Å². The Balaban J connectivity index is 1.57. The second kappa shape index (κ2) is 18.0. The van der Waals surface area contributed by atoms with Gasteiger partial charge in [-0.25, -0.2) is 0 Å². The molecule has 1 aliphatic rings. The van der Waals surface area contributed by atoms with Crippen LogP contribution in [0.2, 0.25) is 0 Å². The van der Waals surface area contributed by atoms with Crippen LogP contribution >= 0.6 is 0 Å². The lowest BCUT2D eigenvalue weighted by Crippen LogP contribution is -2.50. The van der Waals surface area contributed by atoms with Crippen molar-refractivity contribution >= 4 is 0 Å². The molecule has 3 rings (SSSR count). The summed E-state index contributed by atoms with van der Waals surface area (Å²) in [5.74, 6) is 0.727. The van der Waals surface area contributed by atoms with Gasteiger partial charge in [0.05, 0.1) is 31.2 Å². The molecule has 6 heteroatoms. The predicted octanol–water partition coefficient (Wildman–Crippen LogP) is 6.99. The maximum atomic E-state index is 6.55. The Bertz CT molecular complexity index is 930. The van der Waals surface area contributed by atoms with E-state index >= 15 is 0 Å². The van der Waals surface area contributed by atoms with E-state index in [1.54, 1.807) is 14.2 Å². The third kappa shape index (κ3) is 11.3. The van der Waals surface area contributed by atoms with E-state index in [1.807, 2.05) is 42.5 Å². The van der Waals surface area contributed by atoms with Crippen molar-refractivity contribution in [2.75, 3.05) is 20.8 Å². The van der Waals surface area contributed by atoms with Gasteiger partial charge in [-0.05, 0) is 43.2 Å². The first kappa shape index (κ1) is 31.1. The Morgan fingerprint density at radius 1 is 0.974 bits per heavy atom. The molecule has 6 nitrogen and oxygen atoms in total. The van der Waals surface area contributed by atoms with E-state index in [4.69, 9.17) is 28.4 Å². The Kier molecular flexibility index (Phi) is 14.3. The molecule has 1 heterocycles. The third-order valence-corrected chi connectivity index (χ3v) is 6.95. The van der Waals surface area contributed by atoms with E-state index in [-0.39, 0.29) is 30.7 Å². The van der Waals surface area contributed by atoms with Crippen molar-refractivity contribution in [2.45, 2.75) is 88.9 Å². The Labute approximate surface area is 234 Å². The summed E-state index contributed by atoms with van der Waals surface area (Å²) in [6.45, 7) is 10.0. The average molecular weight is 539 g/mol. The highest BCUT2D eigenvalue weighted by molar-refractivity contribution is 5.14. The third-order valence-electron chi connectivity index (χ3n) is 6.95. The summed E-state index contributed by atoms with van der Waals surface area (Å²) in [7, 11) is 3.30. The van der Waals surface area contributed by atoms with Crippen LogP contribution < -0.4 is 0 Å². The van der Waals surface area contributed by atoms with E-state index in [0.717, 1.165) is 43.4 Å². The van der Waals surface area contributed by atoms with Crippen molar-refractivity contribution in [1.82, 2.24) is 0 Å². The fourth-order valence-corrected chi connectivity index (χ4v) is 4.87. The molecule has 2 aromatic rings. The van der Waals surface area contributed by atoms with Crippen LogP contribution in [0, 0.1) is 0 Å². The maximum absolute atomic E-state index is 6.55. The number of allylic oxidation sites excluding steroid dienone is 1. The molecule has 4 atom stereocenters. The molecule has 0 radical (unpaired) electrons. The quantitative estimate of drug-likeness (QED) is 0.0832. The molecule has 0 aromatic heterocycles. The van der Waals surface area contributed by atoms with Crippen LogP contribution in [0.4, 0.5) is 0 Å². The van der Waals surface area contributed by atoms with Crippen molar-refractivity contribution in [1.29, 1.82) is 0 Å². The van der Waals surface area contributed by atoms with Crippen LogP contribution in [0.5, 0.6) is 0 Å². The smallest absolute Gasteiger partial charge is 0.156 e. The summed E-state index contributed by atoms with van der Waals surface area (Å²) in [6.07, 6.45) is 6.80. The molecule has 0 bridgehead atoms. The topological polar surface area (TPSA) is 55.4 Å². The second-order valence-corrected chi connectivity index (χ2v) is 9.99. The normalized spacial score (nSPS) is 21.1. The van der Waals surface area contributed by atoms with Crippen LogP contribution in [0.3, 0.4) is 0 Å². The molecule has 0 spiro atoms. The molecule has 1 saturated heterocycles. The SMILES string of the molecule is C=CC[C@H]1O[C@H](CCCOCc2ccccc2)C[C@H](OCc2ccccc2)[C@@H]1OC(=C)CCCC(OC)OC.